The summed E-state index contributed by atoms with van der Waals surface area (Å²) in [6.07, 6.45) is 2.48. The van der Waals surface area contributed by atoms with Crippen LogP contribution >= 0.6 is 27.3 Å². The maximum Gasteiger partial charge on any atom is 0.163 e. The van der Waals surface area contributed by atoms with Gasteiger partial charge in [0.05, 0.1) is 9.70 Å². The van der Waals surface area contributed by atoms with Crippen molar-refractivity contribution < 1.29 is 14.3 Å². The second-order valence-electron chi connectivity index (χ2n) is 9.23. The van der Waals surface area contributed by atoms with Crippen LogP contribution in [-0.4, -0.2) is 11.6 Å². The lowest BCUT2D eigenvalue weighted by molar-refractivity contribution is -0.120. The van der Waals surface area contributed by atoms with Gasteiger partial charge in [-0.05, 0) is 38.9 Å². The highest BCUT2D eigenvalue weighted by Gasteiger charge is 2.48. The summed E-state index contributed by atoms with van der Waals surface area (Å²) < 4.78 is 7.29. The molecule has 1 aromatic heterocycles. The minimum atomic E-state index is -0.266. The highest BCUT2D eigenvalue weighted by molar-refractivity contribution is 9.11. The summed E-state index contributed by atoms with van der Waals surface area (Å²) in [7, 11) is 0. The zero-order chi connectivity index (χ0) is 18.9. The number of halogens is 1. The van der Waals surface area contributed by atoms with Gasteiger partial charge in [-0.25, -0.2) is 0 Å². The lowest BCUT2D eigenvalue weighted by Crippen LogP contribution is -2.37. The van der Waals surface area contributed by atoms with Gasteiger partial charge in [-0.15, -0.1) is 11.3 Å². The Morgan fingerprint density at radius 3 is 1.85 bits per heavy atom. The first-order chi connectivity index (χ1) is 12.1. The Labute approximate surface area is 166 Å². The smallest absolute Gasteiger partial charge is 0.163 e. The largest absolute Gasteiger partial charge is 0.465 e. The number of hydrogen-bond acceptors (Lipinski definition) is 4. The number of carbonyl (C=O) groups excluding carboxylic acids is 2. The van der Waals surface area contributed by atoms with E-state index in [-0.39, 0.29) is 28.3 Å². The Morgan fingerprint density at radius 2 is 1.42 bits per heavy atom. The van der Waals surface area contributed by atoms with Gasteiger partial charge < -0.3 is 4.74 Å². The molecule has 0 saturated heterocycles. The first-order valence-corrected chi connectivity index (χ1v) is 10.6. The topological polar surface area (TPSA) is 43.4 Å². The lowest BCUT2D eigenvalue weighted by atomic mass is 9.67. The minimum absolute atomic E-state index is 0.108. The van der Waals surface area contributed by atoms with Crippen LogP contribution in [0, 0.1) is 10.8 Å². The van der Waals surface area contributed by atoms with Crippen LogP contribution in [-0.2, 0) is 14.3 Å². The number of Topliss-reactive ketones (excluding diaryl/α,β-unsaturated/α-hetero) is 2. The van der Waals surface area contributed by atoms with Crippen LogP contribution in [0.25, 0.3) is 0 Å². The standard InChI is InChI=1S/C21H23BrO3S/c1-20(2)7-11(23)17-13(9-20)25-14-10-21(3,4)8-12(24)18(14)19(17)15-5-6-16(22)26-15/h5-6,19H,7-10H2,1-4H3. The molecule has 1 aromatic rings. The Hall–Kier alpha value is -1.20. The Balaban J connectivity index is 1.90. The summed E-state index contributed by atoms with van der Waals surface area (Å²) in [5.74, 6) is 1.54. The molecular weight excluding hydrogens is 412 g/mol. The molecule has 26 heavy (non-hydrogen) atoms. The van der Waals surface area contributed by atoms with Crippen LogP contribution in [0.4, 0.5) is 0 Å². The number of thiophene rings is 1. The molecule has 2 aliphatic carbocycles. The molecule has 0 saturated carbocycles. The molecule has 0 atom stereocenters. The normalized spacial score (nSPS) is 25.1. The van der Waals surface area contributed by atoms with Crippen molar-refractivity contribution in [3.63, 3.8) is 0 Å². The maximum absolute atomic E-state index is 13.1. The van der Waals surface area contributed by atoms with E-state index in [1.54, 1.807) is 11.3 Å². The SMILES string of the molecule is CC1(C)CC(=O)C2=C(C1)OC1=C(C(=O)CC(C)(C)C1)C2c1ccc(Br)s1. The fraction of sp³-hybridized carbons (Fsp3) is 0.524. The van der Waals surface area contributed by atoms with Crippen molar-refractivity contribution in [3.8, 4) is 0 Å². The van der Waals surface area contributed by atoms with E-state index >= 15 is 0 Å². The van der Waals surface area contributed by atoms with Crippen molar-refractivity contribution in [1.82, 2.24) is 0 Å². The van der Waals surface area contributed by atoms with Gasteiger partial charge in [0.15, 0.2) is 11.6 Å². The molecule has 0 spiro atoms. The maximum atomic E-state index is 13.1. The van der Waals surface area contributed by atoms with E-state index < -0.39 is 0 Å². The second kappa shape index (κ2) is 5.90. The third kappa shape index (κ3) is 3.03. The molecule has 3 aliphatic rings. The number of ketones is 2. The molecule has 3 nitrogen and oxygen atoms in total. The second-order valence-corrected chi connectivity index (χ2v) is 11.7. The number of hydrogen-bond donors (Lipinski definition) is 0. The molecule has 0 aromatic carbocycles. The van der Waals surface area contributed by atoms with E-state index in [4.69, 9.17) is 4.74 Å². The van der Waals surface area contributed by atoms with E-state index in [9.17, 15) is 9.59 Å². The van der Waals surface area contributed by atoms with Crippen molar-refractivity contribution in [2.24, 2.45) is 10.8 Å². The number of rotatable bonds is 1. The van der Waals surface area contributed by atoms with E-state index in [1.807, 2.05) is 12.1 Å². The molecule has 0 amide bonds. The zero-order valence-corrected chi connectivity index (χ0v) is 18.0. The molecule has 1 aliphatic heterocycles. The summed E-state index contributed by atoms with van der Waals surface area (Å²) in [6, 6.07) is 4.02. The van der Waals surface area contributed by atoms with Gasteiger partial charge in [-0.1, -0.05) is 27.7 Å². The third-order valence-electron chi connectivity index (χ3n) is 5.46. The predicted octanol–water partition coefficient (Wildman–Crippen LogP) is 5.91. The molecule has 0 N–H and O–H groups in total. The van der Waals surface area contributed by atoms with Crippen molar-refractivity contribution in [2.45, 2.75) is 59.3 Å². The molecule has 0 bridgehead atoms. The van der Waals surface area contributed by atoms with Gasteiger partial charge in [0.1, 0.15) is 11.5 Å². The highest BCUT2D eigenvalue weighted by Crippen LogP contribution is 2.54. The number of ether oxygens (including phenoxy) is 1. The van der Waals surface area contributed by atoms with Crippen molar-refractivity contribution in [1.29, 1.82) is 0 Å². The Kier molecular flexibility index (Phi) is 4.12. The van der Waals surface area contributed by atoms with Gasteiger partial charge in [-0.2, -0.15) is 0 Å². The minimum Gasteiger partial charge on any atom is -0.465 e. The van der Waals surface area contributed by atoms with Crippen LogP contribution in [0.3, 0.4) is 0 Å². The van der Waals surface area contributed by atoms with Gasteiger partial charge in [-0.3, -0.25) is 9.59 Å². The monoisotopic (exact) mass is 434 g/mol. The van der Waals surface area contributed by atoms with E-state index in [2.05, 4.69) is 43.6 Å². The van der Waals surface area contributed by atoms with Crippen LogP contribution < -0.4 is 0 Å². The average molecular weight is 435 g/mol. The summed E-state index contributed by atoms with van der Waals surface area (Å²) in [6.45, 7) is 8.42. The quantitative estimate of drug-likeness (QED) is 0.551. The molecule has 5 heteroatoms. The molecule has 4 rings (SSSR count). The lowest BCUT2D eigenvalue weighted by Gasteiger charge is -2.42. The summed E-state index contributed by atoms with van der Waals surface area (Å²) in [5.41, 5.74) is 1.21. The van der Waals surface area contributed by atoms with Crippen LogP contribution in [0.2, 0.25) is 0 Å². The molecule has 2 heterocycles. The van der Waals surface area contributed by atoms with Gasteiger partial charge in [0, 0.05) is 41.7 Å². The fourth-order valence-corrected chi connectivity index (χ4v) is 5.99. The fourth-order valence-electron chi connectivity index (χ4n) is 4.44. The van der Waals surface area contributed by atoms with Crippen LogP contribution in [0.15, 0.2) is 38.6 Å². The number of carbonyl (C=O) groups is 2. The van der Waals surface area contributed by atoms with Gasteiger partial charge in [0.2, 0.25) is 0 Å². The van der Waals surface area contributed by atoms with Gasteiger partial charge >= 0.3 is 0 Å². The van der Waals surface area contributed by atoms with Gasteiger partial charge in [0.25, 0.3) is 0 Å². The Morgan fingerprint density at radius 1 is 0.923 bits per heavy atom. The van der Waals surface area contributed by atoms with Crippen molar-refractivity contribution >= 4 is 38.8 Å². The average Bonchev–Trinajstić information content (AvgIpc) is 2.88. The molecule has 0 unspecified atom stereocenters. The van der Waals surface area contributed by atoms with Crippen molar-refractivity contribution in [2.75, 3.05) is 0 Å². The van der Waals surface area contributed by atoms with Crippen LogP contribution in [0.1, 0.15) is 64.2 Å². The Bertz CT molecular complexity index is 833. The number of allylic oxidation sites excluding steroid dienone is 4. The summed E-state index contributed by atoms with van der Waals surface area (Å²) in [4.78, 5) is 27.2. The molecule has 138 valence electrons. The van der Waals surface area contributed by atoms with E-state index in [1.165, 1.54) is 0 Å². The summed E-state index contributed by atoms with van der Waals surface area (Å²) in [5, 5.41) is 0. The molecular formula is C21H23BrO3S. The van der Waals surface area contributed by atoms with Crippen LogP contribution in [0.5, 0.6) is 0 Å². The predicted molar refractivity (Wildman–Crippen MR) is 106 cm³/mol. The molecule has 0 fully saturated rings. The van der Waals surface area contributed by atoms with Crippen molar-refractivity contribution in [3.05, 3.63) is 43.5 Å². The zero-order valence-electron chi connectivity index (χ0n) is 15.6. The highest BCUT2D eigenvalue weighted by atomic mass is 79.9. The first kappa shape index (κ1) is 18.2. The first-order valence-electron chi connectivity index (χ1n) is 9.02. The van der Waals surface area contributed by atoms with E-state index in [0.29, 0.717) is 24.0 Å². The molecule has 0 radical (unpaired) electrons. The summed E-state index contributed by atoms with van der Waals surface area (Å²) >= 11 is 5.12. The third-order valence-corrected chi connectivity index (χ3v) is 7.15. The van der Waals surface area contributed by atoms with E-state index in [0.717, 1.165) is 33.0 Å².